The number of aryl methyl sites for hydroxylation is 1. The molecule has 1 aliphatic heterocycles. The number of nitrogens with one attached hydrogen (secondary N) is 1. The Hall–Kier alpha value is -2.89. The molecular weight excluding hydrogens is 316 g/mol. The molecule has 1 N–H and O–H groups in total. The highest BCUT2D eigenvalue weighted by molar-refractivity contribution is 5.91. The quantitative estimate of drug-likeness (QED) is 0.845. The van der Waals surface area contributed by atoms with E-state index in [9.17, 15) is 9.59 Å². The summed E-state index contributed by atoms with van der Waals surface area (Å²) in [6.07, 6.45) is 2.99. The standard InChI is InChI=1S/C19H22N4O2/c1-15-4-2-3-5-16(15)12-19(25)21-18-7-6-17(13-20-18)23-10-8-22(14-24)9-11-23/h2-7,13-14H,8-12H2,1H3,(H,20,21,25). The Balaban J connectivity index is 1.56. The van der Waals surface area contributed by atoms with Gasteiger partial charge in [-0.15, -0.1) is 0 Å². The molecule has 2 aromatic rings. The zero-order valence-corrected chi connectivity index (χ0v) is 14.3. The van der Waals surface area contributed by atoms with Crippen molar-refractivity contribution in [1.29, 1.82) is 0 Å². The van der Waals surface area contributed by atoms with Crippen molar-refractivity contribution in [3.63, 3.8) is 0 Å². The molecule has 2 amide bonds. The molecule has 6 heteroatoms. The zero-order valence-electron chi connectivity index (χ0n) is 14.3. The zero-order chi connectivity index (χ0) is 17.6. The molecule has 0 bridgehead atoms. The maximum atomic E-state index is 12.2. The van der Waals surface area contributed by atoms with E-state index in [1.165, 1.54) is 0 Å². The van der Waals surface area contributed by atoms with Crippen LogP contribution < -0.4 is 10.2 Å². The average molecular weight is 338 g/mol. The Morgan fingerprint density at radius 2 is 1.92 bits per heavy atom. The first-order valence-electron chi connectivity index (χ1n) is 8.40. The highest BCUT2D eigenvalue weighted by atomic mass is 16.1. The van der Waals surface area contributed by atoms with Gasteiger partial charge in [-0.3, -0.25) is 9.59 Å². The number of amides is 2. The van der Waals surface area contributed by atoms with Gasteiger partial charge in [0.15, 0.2) is 0 Å². The molecule has 2 heterocycles. The van der Waals surface area contributed by atoms with Gasteiger partial charge in [0.1, 0.15) is 5.82 Å². The van der Waals surface area contributed by atoms with Crippen molar-refractivity contribution in [2.75, 3.05) is 36.4 Å². The summed E-state index contributed by atoms with van der Waals surface area (Å²) in [5, 5.41) is 2.84. The third kappa shape index (κ3) is 4.35. The molecule has 1 aromatic carbocycles. The van der Waals surface area contributed by atoms with Gasteiger partial charge in [-0.1, -0.05) is 24.3 Å². The topological polar surface area (TPSA) is 65.5 Å². The van der Waals surface area contributed by atoms with Crippen LogP contribution in [0.1, 0.15) is 11.1 Å². The molecule has 3 rings (SSSR count). The van der Waals surface area contributed by atoms with Crippen LogP contribution in [0.25, 0.3) is 0 Å². The van der Waals surface area contributed by atoms with Gasteiger partial charge in [0.25, 0.3) is 0 Å². The van der Waals surface area contributed by atoms with Crippen LogP contribution in [0.4, 0.5) is 11.5 Å². The second-order valence-electron chi connectivity index (χ2n) is 6.18. The van der Waals surface area contributed by atoms with Gasteiger partial charge in [0.2, 0.25) is 12.3 Å². The lowest BCUT2D eigenvalue weighted by molar-refractivity contribution is -0.118. The van der Waals surface area contributed by atoms with Gasteiger partial charge in [0, 0.05) is 26.2 Å². The van der Waals surface area contributed by atoms with Crippen molar-refractivity contribution in [3.8, 4) is 0 Å². The number of benzene rings is 1. The fraction of sp³-hybridized carbons (Fsp3) is 0.316. The molecule has 1 aliphatic rings. The molecule has 1 saturated heterocycles. The number of hydrogen-bond acceptors (Lipinski definition) is 4. The normalized spacial score (nSPS) is 14.3. The highest BCUT2D eigenvalue weighted by Crippen LogP contribution is 2.17. The van der Waals surface area contributed by atoms with E-state index in [2.05, 4.69) is 15.2 Å². The van der Waals surface area contributed by atoms with Crippen molar-refractivity contribution in [1.82, 2.24) is 9.88 Å². The summed E-state index contributed by atoms with van der Waals surface area (Å²) in [4.78, 5) is 31.2. The molecule has 0 unspecified atom stereocenters. The van der Waals surface area contributed by atoms with Crippen molar-refractivity contribution in [2.24, 2.45) is 0 Å². The van der Waals surface area contributed by atoms with Crippen molar-refractivity contribution >= 4 is 23.8 Å². The largest absolute Gasteiger partial charge is 0.367 e. The molecule has 130 valence electrons. The molecule has 0 spiro atoms. The van der Waals surface area contributed by atoms with E-state index in [0.717, 1.165) is 49.4 Å². The summed E-state index contributed by atoms with van der Waals surface area (Å²) < 4.78 is 0. The molecule has 0 saturated carbocycles. The monoisotopic (exact) mass is 338 g/mol. The number of aromatic nitrogens is 1. The fourth-order valence-electron chi connectivity index (χ4n) is 2.90. The van der Waals surface area contributed by atoms with E-state index >= 15 is 0 Å². The average Bonchev–Trinajstić information content (AvgIpc) is 2.64. The van der Waals surface area contributed by atoms with E-state index in [-0.39, 0.29) is 5.91 Å². The number of nitrogens with zero attached hydrogens (tertiary/aromatic N) is 3. The lowest BCUT2D eigenvalue weighted by Crippen LogP contribution is -2.45. The minimum absolute atomic E-state index is 0.0749. The van der Waals surface area contributed by atoms with E-state index in [1.807, 2.05) is 43.3 Å². The molecule has 1 aromatic heterocycles. The van der Waals surface area contributed by atoms with Crippen LogP contribution in [0, 0.1) is 6.92 Å². The maximum Gasteiger partial charge on any atom is 0.229 e. The van der Waals surface area contributed by atoms with Gasteiger partial charge < -0.3 is 15.1 Å². The lowest BCUT2D eigenvalue weighted by atomic mass is 10.1. The van der Waals surface area contributed by atoms with Crippen LogP contribution in [0.2, 0.25) is 0 Å². The Morgan fingerprint density at radius 3 is 2.56 bits per heavy atom. The SMILES string of the molecule is Cc1ccccc1CC(=O)Nc1ccc(N2CCN(C=O)CC2)cn1. The summed E-state index contributed by atoms with van der Waals surface area (Å²) in [6, 6.07) is 11.6. The van der Waals surface area contributed by atoms with Crippen LogP contribution in [-0.4, -0.2) is 48.4 Å². The second-order valence-corrected chi connectivity index (χ2v) is 6.18. The van der Waals surface area contributed by atoms with Crippen molar-refractivity contribution in [3.05, 3.63) is 53.7 Å². The molecule has 25 heavy (non-hydrogen) atoms. The Bertz CT molecular complexity index is 737. The third-order valence-electron chi connectivity index (χ3n) is 4.46. The predicted molar refractivity (Wildman–Crippen MR) is 97.6 cm³/mol. The van der Waals surface area contributed by atoms with Gasteiger partial charge in [-0.25, -0.2) is 4.98 Å². The van der Waals surface area contributed by atoms with Gasteiger partial charge in [-0.05, 0) is 30.2 Å². The highest BCUT2D eigenvalue weighted by Gasteiger charge is 2.16. The molecule has 0 radical (unpaired) electrons. The molecule has 1 fully saturated rings. The van der Waals surface area contributed by atoms with Crippen LogP contribution in [0.5, 0.6) is 0 Å². The summed E-state index contributed by atoms with van der Waals surface area (Å²) >= 11 is 0. The first kappa shape index (κ1) is 17.0. The maximum absolute atomic E-state index is 12.2. The summed E-state index contributed by atoms with van der Waals surface area (Å²) in [5.74, 6) is 0.475. The molecular formula is C19H22N4O2. The van der Waals surface area contributed by atoms with Gasteiger partial charge in [0.05, 0.1) is 18.3 Å². The Labute approximate surface area is 147 Å². The van der Waals surface area contributed by atoms with Crippen molar-refractivity contribution in [2.45, 2.75) is 13.3 Å². The number of pyridine rings is 1. The van der Waals surface area contributed by atoms with Crippen LogP contribution in [0.15, 0.2) is 42.6 Å². The summed E-state index contributed by atoms with van der Waals surface area (Å²) in [6.45, 7) is 5.02. The number of carbonyl (C=O) groups excluding carboxylic acids is 2. The number of piperazine rings is 1. The minimum Gasteiger partial charge on any atom is -0.367 e. The number of anilines is 2. The Morgan fingerprint density at radius 1 is 1.16 bits per heavy atom. The predicted octanol–water partition coefficient (Wildman–Crippen LogP) is 1.85. The first-order valence-corrected chi connectivity index (χ1v) is 8.40. The minimum atomic E-state index is -0.0749. The van der Waals surface area contributed by atoms with Crippen molar-refractivity contribution < 1.29 is 9.59 Å². The molecule has 0 aliphatic carbocycles. The van der Waals surface area contributed by atoms with Gasteiger partial charge in [-0.2, -0.15) is 0 Å². The van der Waals surface area contributed by atoms with Crippen LogP contribution in [0.3, 0.4) is 0 Å². The van der Waals surface area contributed by atoms with E-state index in [4.69, 9.17) is 0 Å². The Kier molecular flexibility index (Phi) is 5.28. The van der Waals surface area contributed by atoms with Gasteiger partial charge >= 0.3 is 0 Å². The molecule has 0 atom stereocenters. The first-order chi connectivity index (χ1) is 12.2. The van der Waals surface area contributed by atoms with Crippen LogP contribution >= 0.6 is 0 Å². The van der Waals surface area contributed by atoms with E-state index in [1.54, 1.807) is 11.1 Å². The summed E-state index contributed by atoms with van der Waals surface area (Å²) in [7, 11) is 0. The van der Waals surface area contributed by atoms with E-state index in [0.29, 0.717) is 12.2 Å². The third-order valence-corrected chi connectivity index (χ3v) is 4.46. The van der Waals surface area contributed by atoms with E-state index < -0.39 is 0 Å². The molecule has 6 nitrogen and oxygen atoms in total. The van der Waals surface area contributed by atoms with Crippen LogP contribution in [-0.2, 0) is 16.0 Å². The number of rotatable bonds is 5. The number of hydrogen-bond donors (Lipinski definition) is 1. The lowest BCUT2D eigenvalue weighted by Gasteiger charge is -2.33. The second kappa shape index (κ2) is 7.79. The number of carbonyl (C=O) groups is 2. The summed E-state index contributed by atoms with van der Waals surface area (Å²) in [5.41, 5.74) is 3.13. The smallest absolute Gasteiger partial charge is 0.229 e. The fourth-order valence-corrected chi connectivity index (χ4v) is 2.90.